The van der Waals surface area contributed by atoms with E-state index in [2.05, 4.69) is 77.2 Å². The second kappa shape index (κ2) is 6.46. The van der Waals surface area contributed by atoms with Crippen molar-refractivity contribution in [2.24, 2.45) is 5.92 Å². The van der Waals surface area contributed by atoms with Crippen LogP contribution in [0.3, 0.4) is 0 Å². The molecule has 4 aliphatic rings. The van der Waals surface area contributed by atoms with E-state index in [4.69, 9.17) is 0 Å². The number of nitrogens with one attached hydrogen (secondary N) is 1. The van der Waals surface area contributed by atoms with Crippen LogP contribution in [0.4, 0.5) is 0 Å². The highest BCUT2D eigenvalue weighted by molar-refractivity contribution is 5.27. The standard InChI is InChI=1S/C23H32N4/c1-23(2,3)20-13-18(24-25-20)14-27-15-19(16-7-5-4-6-8-16)22-21(27)17-9-11-26(22)12-10-17/h4-8,13,17,19,21-22H,9-12,14-15H2,1-3H3,(H,24,25)/t19-,21+,22+/m0/s1. The van der Waals surface area contributed by atoms with Crippen LogP contribution in [0.2, 0.25) is 0 Å². The lowest BCUT2D eigenvalue weighted by atomic mass is 9.75. The van der Waals surface area contributed by atoms with Gasteiger partial charge in [-0.2, -0.15) is 5.10 Å². The lowest BCUT2D eigenvalue weighted by molar-refractivity contribution is -0.00898. The van der Waals surface area contributed by atoms with Gasteiger partial charge in [0, 0.05) is 42.2 Å². The smallest absolute Gasteiger partial charge is 0.0678 e. The Morgan fingerprint density at radius 3 is 2.48 bits per heavy atom. The van der Waals surface area contributed by atoms with Crippen LogP contribution < -0.4 is 0 Å². The summed E-state index contributed by atoms with van der Waals surface area (Å²) in [6.45, 7) is 11.4. The van der Waals surface area contributed by atoms with E-state index in [1.165, 1.54) is 42.9 Å². The molecule has 27 heavy (non-hydrogen) atoms. The number of fused-ring (bicyclic) bond motifs is 2. The summed E-state index contributed by atoms with van der Waals surface area (Å²) >= 11 is 0. The molecule has 4 saturated heterocycles. The first-order chi connectivity index (χ1) is 13.0. The van der Waals surface area contributed by atoms with Gasteiger partial charge in [-0.15, -0.1) is 0 Å². The maximum Gasteiger partial charge on any atom is 0.0678 e. The zero-order chi connectivity index (χ0) is 18.6. The van der Waals surface area contributed by atoms with Crippen LogP contribution in [0.15, 0.2) is 36.4 Å². The largest absolute Gasteiger partial charge is 0.298 e. The van der Waals surface area contributed by atoms with E-state index >= 15 is 0 Å². The summed E-state index contributed by atoms with van der Waals surface area (Å²) in [6.07, 6.45) is 2.74. The minimum Gasteiger partial charge on any atom is -0.298 e. The van der Waals surface area contributed by atoms with E-state index in [1.54, 1.807) is 0 Å². The lowest BCUT2D eigenvalue weighted by Crippen LogP contribution is -2.60. The van der Waals surface area contributed by atoms with Crippen LogP contribution in [0, 0.1) is 5.92 Å². The fourth-order valence-electron chi connectivity index (χ4n) is 5.76. The molecule has 0 amide bonds. The van der Waals surface area contributed by atoms with Crippen molar-refractivity contribution in [3.8, 4) is 0 Å². The Hall–Kier alpha value is -1.65. The number of hydrogen-bond donors (Lipinski definition) is 1. The maximum absolute atomic E-state index is 4.60. The fourth-order valence-corrected chi connectivity index (χ4v) is 5.76. The Balaban J connectivity index is 1.43. The van der Waals surface area contributed by atoms with Crippen LogP contribution in [-0.2, 0) is 12.0 Å². The molecule has 4 heteroatoms. The van der Waals surface area contributed by atoms with E-state index in [0.717, 1.165) is 19.0 Å². The van der Waals surface area contributed by atoms with Gasteiger partial charge in [-0.3, -0.25) is 14.9 Å². The number of H-pyrrole nitrogens is 1. The van der Waals surface area contributed by atoms with Crippen molar-refractivity contribution in [3.05, 3.63) is 53.3 Å². The molecule has 0 saturated carbocycles. The Kier molecular flexibility index (Phi) is 4.17. The van der Waals surface area contributed by atoms with Crippen molar-refractivity contribution in [1.29, 1.82) is 0 Å². The predicted molar refractivity (Wildman–Crippen MR) is 109 cm³/mol. The molecule has 0 spiro atoms. The van der Waals surface area contributed by atoms with Crippen molar-refractivity contribution < 1.29 is 0 Å². The molecule has 1 aromatic heterocycles. The van der Waals surface area contributed by atoms with Crippen LogP contribution in [0.5, 0.6) is 0 Å². The third kappa shape index (κ3) is 3.03. The Bertz CT molecular complexity index is 782. The highest BCUT2D eigenvalue weighted by atomic mass is 15.3. The molecular formula is C23H32N4. The highest BCUT2D eigenvalue weighted by Crippen LogP contribution is 2.46. The molecule has 3 atom stereocenters. The topological polar surface area (TPSA) is 35.2 Å². The number of rotatable bonds is 3. The Morgan fingerprint density at radius 2 is 1.81 bits per heavy atom. The summed E-state index contributed by atoms with van der Waals surface area (Å²) < 4.78 is 0. The first-order valence-corrected chi connectivity index (χ1v) is 10.6. The Morgan fingerprint density at radius 1 is 1.07 bits per heavy atom. The van der Waals surface area contributed by atoms with Gasteiger partial charge in [-0.25, -0.2) is 0 Å². The summed E-state index contributed by atoms with van der Waals surface area (Å²) in [7, 11) is 0. The molecule has 0 aliphatic carbocycles. The van der Waals surface area contributed by atoms with E-state index in [-0.39, 0.29) is 5.41 Å². The minimum absolute atomic E-state index is 0.102. The molecule has 2 bridgehead atoms. The van der Waals surface area contributed by atoms with Crippen LogP contribution in [-0.4, -0.2) is 51.7 Å². The van der Waals surface area contributed by atoms with Gasteiger partial charge in [0.1, 0.15) is 0 Å². The van der Waals surface area contributed by atoms with Crippen molar-refractivity contribution in [2.45, 2.75) is 63.6 Å². The van der Waals surface area contributed by atoms with Gasteiger partial charge >= 0.3 is 0 Å². The van der Waals surface area contributed by atoms with E-state index in [0.29, 0.717) is 18.0 Å². The molecule has 0 unspecified atom stereocenters. The third-order valence-corrected chi connectivity index (χ3v) is 7.09. The zero-order valence-electron chi connectivity index (χ0n) is 16.9. The molecule has 0 radical (unpaired) electrons. The summed E-state index contributed by atoms with van der Waals surface area (Å²) in [6, 6.07) is 14.9. The highest BCUT2D eigenvalue weighted by Gasteiger charge is 2.53. The van der Waals surface area contributed by atoms with Gasteiger partial charge < -0.3 is 0 Å². The van der Waals surface area contributed by atoms with Gasteiger partial charge in [-0.05, 0) is 43.5 Å². The van der Waals surface area contributed by atoms with Gasteiger partial charge in [0.2, 0.25) is 0 Å². The van der Waals surface area contributed by atoms with Gasteiger partial charge in [0.05, 0.1) is 5.69 Å². The third-order valence-electron chi connectivity index (χ3n) is 7.09. The van der Waals surface area contributed by atoms with Crippen LogP contribution in [0.25, 0.3) is 0 Å². The van der Waals surface area contributed by atoms with E-state index in [1.807, 2.05) is 0 Å². The summed E-state index contributed by atoms with van der Waals surface area (Å²) in [5, 5.41) is 7.92. The SMILES string of the molecule is CC(C)(C)c1cc(CN2C[C@@H](c3ccccc3)[C@@H]3[C@H]2C2CCN3CC2)[nH]n1. The predicted octanol–water partition coefficient (Wildman–Crippen LogP) is 3.77. The molecule has 5 heterocycles. The molecule has 6 rings (SSSR count). The molecule has 1 N–H and O–H groups in total. The first-order valence-electron chi connectivity index (χ1n) is 10.6. The molecule has 4 fully saturated rings. The van der Waals surface area contributed by atoms with E-state index < -0.39 is 0 Å². The second-order valence-electron chi connectivity index (χ2n) is 9.83. The quantitative estimate of drug-likeness (QED) is 0.900. The van der Waals surface area contributed by atoms with E-state index in [9.17, 15) is 0 Å². The summed E-state index contributed by atoms with van der Waals surface area (Å²) in [5.74, 6) is 1.49. The lowest BCUT2D eigenvalue weighted by Gasteiger charge is -2.51. The molecule has 4 aliphatic heterocycles. The number of nitrogens with zero attached hydrogens (tertiary/aromatic N) is 3. The average Bonchev–Trinajstić information content (AvgIpc) is 3.30. The molecule has 4 nitrogen and oxygen atoms in total. The van der Waals surface area contributed by atoms with Gasteiger partial charge in [-0.1, -0.05) is 51.1 Å². The number of likely N-dealkylation sites (tertiary alicyclic amines) is 1. The minimum atomic E-state index is 0.102. The zero-order valence-corrected chi connectivity index (χ0v) is 16.9. The molecule has 2 aromatic rings. The molecular weight excluding hydrogens is 332 g/mol. The number of aromatic nitrogens is 2. The number of piperidine rings is 3. The summed E-state index contributed by atoms with van der Waals surface area (Å²) in [4.78, 5) is 5.55. The molecule has 1 aromatic carbocycles. The maximum atomic E-state index is 4.60. The second-order valence-corrected chi connectivity index (χ2v) is 9.83. The number of hydrogen-bond acceptors (Lipinski definition) is 3. The fraction of sp³-hybridized carbons (Fsp3) is 0.609. The van der Waals surface area contributed by atoms with Crippen molar-refractivity contribution in [3.63, 3.8) is 0 Å². The summed E-state index contributed by atoms with van der Waals surface area (Å²) in [5.41, 5.74) is 4.05. The monoisotopic (exact) mass is 364 g/mol. The van der Waals surface area contributed by atoms with Crippen molar-refractivity contribution in [1.82, 2.24) is 20.0 Å². The average molecular weight is 365 g/mol. The van der Waals surface area contributed by atoms with Crippen LogP contribution >= 0.6 is 0 Å². The normalized spacial score (nSPS) is 33.4. The first kappa shape index (κ1) is 17.4. The van der Waals surface area contributed by atoms with Gasteiger partial charge in [0.25, 0.3) is 0 Å². The van der Waals surface area contributed by atoms with Crippen molar-refractivity contribution in [2.75, 3.05) is 19.6 Å². The number of aromatic amines is 1. The van der Waals surface area contributed by atoms with Gasteiger partial charge in [0.15, 0.2) is 0 Å². The Labute approximate surface area is 162 Å². The molecule has 144 valence electrons. The van der Waals surface area contributed by atoms with Crippen LogP contribution in [0.1, 0.15) is 56.5 Å². The number of benzene rings is 1. The van der Waals surface area contributed by atoms with Crippen molar-refractivity contribution >= 4 is 0 Å².